The molecule has 1 atom stereocenters. The van der Waals surface area contributed by atoms with Crippen molar-refractivity contribution in [1.82, 2.24) is 0 Å². The normalized spacial score (nSPS) is 17.2. The molecule has 0 spiro atoms. The van der Waals surface area contributed by atoms with Crippen LogP contribution in [0, 0.1) is 0 Å². The van der Waals surface area contributed by atoms with Gasteiger partial charge in [0.05, 0.1) is 17.8 Å². The molecule has 1 heterocycles. The van der Waals surface area contributed by atoms with Crippen LogP contribution in [-0.2, 0) is 16.0 Å². The van der Waals surface area contributed by atoms with Gasteiger partial charge >= 0.3 is 0 Å². The zero-order chi connectivity index (χ0) is 16.4. The molecule has 0 radical (unpaired) electrons. The number of amides is 2. The van der Waals surface area contributed by atoms with Crippen LogP contribution in [0.2, 0.25) is 5.02 Å². The first-order valence-corrected chi connectivity index (χ1v) is 7.88. The Morgan fingerprint density at radius 1 is 1.22 bits per heavy atom. The fourth-order valence-corrected chi connectivity index (χ4v) is 2.96. The Labute approximate surface area is 140 Å². The second-order valence-corrected chi connectivity index (χ2v) is 6.12. The largest absolute Gasteiger partial charge is 0.324 e. The number of fused-ring (bicyclic) bond motifs is 1. The van der Waals surface area contributed by atoms with E-state index in [0.29, 0.717) is 10.7 Å². The SMILES string of the molecule is C[C@H]1CC(=O)Nc2ccccc2N1C(=O)Cc1ccc(Cl)cc1. The molecule has 0 unspecified atom stereocenters. The zero-order valence-corrected chi connectivity index (χ0v) is 13.5. The molecule has 1 aliphatic heterocycles. The van der Waals surface area contributed by atoms with Crippen molar-refractivity contribution in [3.05, 3.63) is 59.1 Å². The average molecular weight is 329 g/mol. The topological polar surface area (TPSA) is 49.4 Å². The molecule has 2 aromatic carbocycles. The molecule has 118 valence electrons. The lowest BCUT2D eigenvalue weighted by Crippen LogP contribution is -2.40. The molecule has 0 saturated carbocycles. The summed E-state index contributed by atoms with van der Waals surface area (Å²) in [6.07, 6.45) is 0.547. The third-order valence-electron chi connectivity index (χ3n) is 3.90. The van der Waals surface area contributed by atoms with Gasteiger partial charge in [-0.2, -0.15) is 0 Å². The summed E-state index contributed by atoms with van der Waals surface area (Å²) in [6, 6.07) is 14.4. The van der Waals surface area contributed by atoms with Gasteiger partial charge in [-0.15, -0.1) is 0 Å². The van der Waals surface area contributed by atoms with Gasteiger partial charge in [-0.1, -0.05) is 35.9 Å². The molecule has 5 heteroatoms. The molecule has 23 heavy (non-hydrogen) atoms. The summed E-state index contributed by atoms with van der Waals surface area (Å²) >= 11 is 5.88. The summed E-state index contributed by atoms with van der Waals surface area (Å²) in [7, 11) is 0. The maximum Gasteiger partial charge on any atom is 0.231 e. The van der Waals surface area contributed by atoms with E-state index in [1.54, 1.807) is 17.0 Å². The monoisotopic (exact) mass is 328 g/mol. The summed E-state index contributed by atoms with van der Waals surface area (Å²) in [4.78, 5) is 26.5. The fourth-order valence-electron chi connectivity index (χ4n) is 2.83. The number of rotatable bonds is 2. The van der Waals surface area contributed by atoms with Gasteiger partial charge in [-0.05, 0) is 36.8 Å². The molecule has 0 bridgehead atoms. The van der Waals surface area contributed by atoms with Crippen LogP contribution in [0.1, 0.15) is 18.9 Å². The Kier molecular flexibility index (Phi) is 4.35. The molecule has 3 rings (SSSR count). The predicted octanol–water partition coefficient (Wildman–Crippen LogP) is 3.65. The van der Waals surface area contributed by atoms with E-state index < -0.39 is 0 Å². The summed E-state index contributed by atoms with van der Waals surface area (Å²) in [5.41, 5.74) is 2.31. The van der Waals surface area contributed by atoms with Crippen molar-refractivity contribution >= 4 is 34.8 Å². The Bertz CT molecular complexity index is 743. The van der Waals surface area contributed by atoms with Crippen LogP contribution in [-0.4, -0.2) is 17.9 Å². The van der Waals surface area contributed by atoms with Crippen LogP contribution in [0.4, 0.5) is 11.4 Å². The highest BCUT2D eigenvalue weighted by Gasteiger charge is 2.29. The number of anilines is 2. The van der Waals surface area contributed by atoms with Crippen LogP contribution >= 0.6 is 11.6 Å². The number of hydrogen-bond acceptors (Lipinski definition) is 2. The maximum atomic E-state index is 12.8. The lowest BCUT2D eigenvalue weighted by atomic mass is 10.1. The number of para-hydroxylation sites is 2. The number of hydrogen-bond donors (Lipinski definition) is 1. The molecule has 4 nitrogen and oxygen atoms in total. The number of halogens is 1. The Morgan fingerprint density at radius 3 is 2.65 bits per heavy atom. The van der Waals surface area contributed by atoms with Crippen molar-refractivity contribution in [3.8, 4) is 0 Å². The van der Waals surface area contributed by atoms with Gasteiger partial charge in [0.15, 0.2) is 0 Å². The molecule has 2 aromatic rings. The molecule has 0 saturated heterocycles. The summed E-state index contributed by atoms with van der Waals surface area (Å²) < 4.78 is 0. The third kappa shape index (κ3) is 3.37. The molecular formula is C18H17ClN2O2. The fraction of sp³-hybridized carbons (Fsp3) is 0.222. The van der Waals surface area contributed by atoms with E-state index >= 15 is 0 Å². The quantitative estimate of drug-likeness (QED) is 0.914. The van der Waals surface area contributed by atoms with Gasteiger partial charge < -0.3 is 10.2 Å². The highest BCUT2D eigenvalue weighted by Crippen LogP contribution is 2.31. The van der Waals surface area contributed by atoms with Crippen LogP contribution < -0.4 is 10.2 Å². The molecular weight excluding hydrogens is 312 g/mol. The first-order chi connectivity index (χ1) is 11.0. The number of carbonyl (C=O) groups excluding carboxylic acids is 2. The third-order valence-corrected chi connectivity index (χ3v) is 4.15. The second-order valence-electron chi connectivity index (χ2n) is 5.69. The first-order valence-electron chi connectivity index (χ1n) is 7.50. The summed E-state index contributed by atoms with van der Waals surface area (Å²) in [5.74, 6) is -0.115. The average Bonchev–Trinajstić information content (AvgIpc) is 2.63. The van der Waals surface area contributed by atoms with Crippen LogP contribution in [0.3, 0.4) is 0 Å². The summed E-state index contributed by atoms with van der Waals surface area (Å²) in [6.45, 7) is 1.89. The van der Waals surface area contributed by atoms with E-state index in [2.05, 4.69) is 5.32 Å². The van der Waals surface area contributed by atoms with Gasteiger partial charge in [-0.3, -0.25) is 9.59 Å². The van der Waals surface area contributed by atoms with E-state index in [1.165, 1.54) is 0 Å². The highest BCUT2D eigenvalue weighted by atomic mass is 35.5. The van der Waals surface area contributed by atoms with Gasteiger partial charge in [-0.25, -0.2) is 0 Å². The number of carbonyl (C=O) groups is 2. The highest BCUT2D eigenvalue weighted by molar-refractivity contribution is 6.30. The van der Waals surface area contributed by atoms with E-state index in [0.717, 1.165) is 11.3 Å². The zero-order valence-electron chi connectivity index (χ0n) is 12.8. The van der Waals surface area contributed by atoms with Crippen molar-refractivity contribution in [2.45, 2.75) is 25.8 Å². The standard InChI is InChI=1S/C18H17ClN2O2/c1-12-10-17(22)20-15-4-2-3-5-16(15)21(12)18(23)11-13-6-8-14(19)9-7-13/h2-9,12H,10-11H2,1H3,(H,20,22)/t12-/m0/s1. The van der Waals surface area contributed by atoms with Crippen molar-refractivity contribution < 1.29 is 9.59 Å². The first kappa shape index (κ1) is 15.6. The molecule has 0 aliphatic carbocycles. The van der Waals surface area contributed by atoms with E-state index in [4.69, 9.17) is 11.6 Å². The Hall–Kier alpha value is -2.33. The van der Waals surface area contributed by atoms with Crippen LogP contribution in [0.5, 0.6) is 0 Å². The maximum absolute atomic E-state index is 12.8. The number of benzene rings is 2. The van der Waals surface area contributed by atoms with Crippen LogP contribution in [0.25, 0.3) is 0 Å². The lowest BCUT2D eigenvalue weighted by Gasteiger charge is -2.28. The predicted molar refractivity (Wildman–Crippen MR) is 91.8 cm³/mol. The van der Waals surface area contributed by atoms with E-state index in [1.807, 2.05) is 43.3 Å². The van der Waals surface area contributed by atoms with Crippen LogP contribution in [0.15, 0.2) is 48.5 Å². The van der Waals surface area contributed by atoms with Crippen molar-refractivity contribution in [2.75, 3.05) is 10.2 Å². The number of nitrogens with zero attached hydrogens (tertiary/aromatic N) is 1. The minimum Gasteiger partial charge on any atom is -0.324 e. The molecule has 1 aliphatic rings. The van der Waals surface area contributed by atoms with Gasteiger partial charge in [0, 0.05) is 17.5 Å². The minimum absolute atomic E-state index is 0.0382. The Balaban J connectivity index is 1.91. The van der Waals surface area contributed by atoms with Gasteiger partial charge in [0.25, 0.3) is 0 Å². The molecule has 0 fully saturated rings. The van der Waals surface area contributed by atoms with Crippen molar-refractivity contribution in [1.29, 1.82) is 0 Å². The molecule has 1 N–H and O–H groups in total. The van der Waals surface area contributed by atoms with Crippen molar-refractivity contribution in [3.63, 3.8) is 0 Å². The smallest absolute Gasteiger partial charge is 0.231 e. The van der Waals surface area contributed by atoms with Gasteiger partial charge in [0.1, 0.15) is 0 Å². The Morgan fingerprint density at radius 2 is 1.91 bits per heavy atom. The number of nitrogens with one attached hydrogen (secondary N) is 1. The van der Waals surface area contributed by atoms with E-state index in [-0.39, 0.29) is 30.7 Å². The van der Waals surface area contributed by atoms with Gasteiger partial charge in [0.2, 0.25) is 11.8 Å². The van der Waals surface area contributed by atoms with Crippen molar-refractivity contribution in [2.24, 2.45) is 0 Å². The second kappa shape index (κ2) is 6.42. The minimum atomic E-state index is -0.196. The summed E-state index contributed by atoms with van der Waals surface area (Å²) in [5, 5.41) is 3.50. The lowest BCUT2D eigenvalue weighted by molar-refractivity contribution is -0.118. The van der Waals surface area contributed by atoms with E-state index in [9.17, 15) is 9.59 Å². The molecule has 2 amide bonds. The molecule has 0 aromatic heterocycles.